The van der Waals surface area contributed by atoms with Gasteiger partial charge in [0.2, 0.25) is 0 Å². The van der Waals surface area contributed by atoms with Crippen LogP contribution in [-0.2, 0) is 5.60 Å². The van der Waals surface area contributed by atoms with E-state index >= 15 is 0 Å². The summed E-state index contributed by atoms with van der Waals surface area (Å²) in [6.07, 6.45) is 1.94. The molecule has 1 atom stereocenters. The van der Waals surface area contributed by atoms with Crippen LogP contribution in [0.3, 0.4) is 0 Å². The van der Waals surface area contributed by atoms with Gasteiger partial charge in [-0.1, -0.05) is 11.6 Å². The number of aliphatic hydroxyl groups is 1. The molecule has 0 aliphatic rings. The quantitative estimate of drug-likeness (QED) is 0.814. The largest absolute Gasteiger partial charge is 0.384 e. The highest BCUT2D eigenvalue weighted by atomic mass is 35.5. The number of benzene rings is 1. The van der Waals surface area contributed by atoms with Crippen molar-refractivity contribution in [3.05, 3.63) is 51.2 Å². The maximum atomic E-state index is 12.2. The van der Waals surface area contributed by atoms with Crippen LogP contribution in [0.5, 0.6) is 0 Å². The molecule has 1 amide bonds. The number of nitrogens with one attached hydrogen (secondary N) is 1. The maximum absolute atomic E-state index is 12.2. The number of thioether (sulfide) groups is 1. The first-order valence-electron chi connectivity index (χ1n) is 6.31. The molecule has 0 saturated carbocycles. The topological polar surface area (TPSA) is 49.3 Å². The Bertz CT molecular complexity index is 627. The van der Waals surface area contributed by atoms with E-state index in [-0.39, 0.29) is 12.5 Å². The van der Waals surface area contributed by atoms with Gasteiger partial charge in [0.25, 0.3) is 5.91 Å². The highest BCUT2D eigenvalue weighted by Gasteiger charge is 2.24. The van der Waals surface area contributed by atoms with Gasteiger partial charge in [-0.25, -0.2) is 0 Å². The van der Waals surface area contributed by atoms with Crippen molar-refractivity contribution in [1.29, 1.82) is 0 Å². The van der Waals surface area contributed by atoms with Crippen molar-refractivity contribution >= 4 is 40.6 Å². The zero-order valence-corrected chi connectivity index (χ0v) is 14.1. The van der Waals surface area contributed by atoms with Crippen molar-refractivity contribution in [3.8, 4) is 0 Å². The lowest BCUT2D eigenvalue weighted by Gasteiger charge is -2.23. The van der Waals surface area contributed by atoms with Gasteiger partial charge in [0.1, 0.15) is 5.60 Å². The average Bonchev–Trinajstić information content (AvgIpc) is 3.00. The Kier molecular flexibility index (Phi) is 5.32. The van der Waals surface area contributed by atoms with Gasteiger partial charge in [0.15, 0.2) is 0 Å². The monoisotopic (exact) mass is 341 g/mol. The van der Waals surface area contributed by atoms with Gasteiger partial charge in [0, 0.05) is 4.90 Å². The molecule has 1 aromatic carbocycles. The Morgan fingerprint density at radius 2 is 2.24 bits per heavy atom. The van der Waals surface area contributed by atoms with E-state index in [0.29, 0.717) is 10.6 Å². The first kappa shape index (κ1) is 16.4. The van der Waals surface area contributed by atoms with Crippen LogP contribution in [-0.4, -0.2) is 23.8 Å². The highest BCUT2D eigenvalue weighted by Crippen LogP contribution is 2.24. The van der Waals surface area contributed by atoms with Crippen LogP contribution in [0.2, 0.25) is 5.02 Å². The standard InChI is InChI=1S/C15H16ClNO2S2/c1-15(19,10-5-6-21-8-10)9-17-14(18)12-7-11(20-2)3-4-13(12)16/h3-8,19H,9H2,1-2H3,(H,17,18). The van der Waals surface area contributed by atoms with Crippen LogP contribution in [0, 0.1) is 0 Å². The van der Waals surface area contributed by atoms with Gasteiger partial charge in [-0.2, -0.15) is 11.3 Å². The lowest BCUT2D eigenvalue weighted by atomic mass is 9.99. The summed E-state index contributed by atoms with van der Waals surface area (Å²) in [6.45, 7) is 1.80. The van der Waals surface area contributed by atoms with Crippen molar-refractivity contribution in [2.24, 2.45) is 0 Å². The fourth-order valence-electron chi connectivity index (χ4n) is 1.83. The number of thiophene rings is 1. The minimum absolute atomic E-state index is 0.127. The summed E-state index contributed by atoms with van der Waals surface area (Å²) in [5.41, 5.74) is 0.112. The van der Waals surface area contributed by atoms with Crippen LogP contribution in [0.4, 0.5) is 0 Å². The van der Waals surface area contributed by atoms with Crippen molar-refractivity contribution in [2.75, 3.05) is 12.8 Å². The number of carbonyl (C=O) groups excluding carboxylic acids is 1. The lowest BCUT2D eigenvalue weighted by Crippen LogP contribution is -2.38. The normalized spacial score (nSPS) is 13.7. The van der Waals surface area contributed by atoms with E-state index in [0.717, 1.165) is 10.5 Å². The summed E-state index contributed by atoms with van der Waals surface area (Å²) in [7, 11) is 0. The van der Waals surface area contributed by atoms with Crippen molar-refractivity contribution in [3.63, 3.8) is 0 Å². The Hall–Kier alpha value is -1.01. The predicted molar refractivity (Wildman–Crippen MR) is 89.5 cm³/mol. The zero-order valence-electron chi connectivity index (χ0n) is 11.7. The van der Waals surface area contributed by atoms with E-state index in [9.17, 15) is 9.90 Å². The number of halogens is 1. The molecule has 3 nitrogen and oxygen atoms in total. The third kappa shape index (κ3) is 4.01. The molecular formula is C15H16ClNO2S2. The Morgan fingerprint density at radius 1 is 1.48 bits per heavy atom. The molecule has 0 saturated heterocycles. The number of hydrogen-bond acceptors (Lipinski definition) is 4. The summed E-state index contributed by atoms with van der Waals surface area (Å²) in [5.74, 6) is -0.286. The van der Waals surface area contributed by atoms with E-state index in [1.54, 1.807) is 30.8 Å². The highest BCUT2D eigenvalue weighted by molar-refractivity contribution is 7.98. The second-order valence-corrected chi connectivity index (χ2v) is 6.88. The summed E-state index contributed by atoms with van der Waals surface area (Å²) in [6, 6.07) is 7.17. The molecule has 1 heterocycles. The van der Waals surface area contributed by atoms with Crippen LogP contribution in [0.1, 0.15) is 22.8 Å². The molecule has 2 aromatic rings. The van der Waals surface area contributed by atoms with E-state index in [2.05, 4.69) is 5.32 Å². The Labute approximate surface area is 137 Å². The van der Waals surface area contributed by atoms with Gasteiger partial charge in [0.05, 0.1) is 17.1 Å². The van der Waals surface area contributed by atoms with E-state index in [1.807, 2.05) is 29.1 Å². The van der Waals surface area contributed by atoms with Crippen LogP contribution in [0.15, 0.2) is 39.9 Å². The number of carbonyl (C=O) groups is 1. The molecule has 0 radical (unpaired) electrons. The molecule has 112 valence electrons. The second-order valence-electron chi connectivity index (χ2n) is 4.81. The molecule has 21 heavy (non-hydrogen) atoms. The van der Waals surface area contributed by atoms with Crippen LogP contribution >= 0.6 is 34.7 Å². The van der Waals surface area contributed by atoms with E-state index < -0.39 is 5.60 Å². The molecule has 2 rings (SSSR count). The van der Waals surface area contributed by atoms with Gasteiger partial charge < -0.3 is 10.4 Å². The molecule has 1 unspecified atom stereocenters. The minimum Gasteiger partial charge on any atom is -0.384 e. The molecular weight excluding hydrogens is 326 g/mol. The van der Waals surface area contributed by atoms with Crippen molar-refractivity contribution in [1.82, 2.24) is 5.32 Å². The number of rotatable bonds is 5. The van der Waals surface area contributed by atoms with Gasteiger partial charge in [-0.15, -0.1) is 11.8 Å². The Morgan fingerprint density at radius 3 is 2.86 bits per heavy atom. The fraction of sp³-hybridized carbons (Fsp3) is 0.267. The molecule has 0 bridgehead atoms. The first-order chi connectivity index (χ1) is 9.94. The third-order valence-corrected chi connectivity index (χ3v) is 4.89. The van der Waals surface area contributed by atoms with Crippen molar-refractivity contribution < 1.29 is 9.90 Å². The summed E-state index contributed by atoms with van der Waals surface area (Å²) >= 11 is 9.12. The number of hydrogen-bond donors (Lipinski definition) is 2. The second kappa shape index (κ2) is 6.83. The fourth-order valence-corrected chi connectivity index (χ4v) is 3.25. The van der Waals surface area contributed by atoms with E-state index in [4.69, 9.17) is 11.6 Å². The van der Waals surface area contributed by atoms with Gasteiger partial charge >= 0.3 is 0 Å². The molecule has 0 fully saturated rings. The molecule has 0 aliphatic carbocycles. The molecule has 6 heteroatoms. The number of amides is 1. The predicted octanol–water partition coefficient (Wildman–Crippen LogP) is 3.76. The zero-order chi connectivity index (χ0) is 15.5. The van der Waals surface area contributed by atoms with E-state index in [1.165, 1.54) is 11.3 Å². The molecule has 0 spiro atoms. The maximum Gasteiger partial charge on any atom is 0.252 e. The van der Waals surface area contributed by atoms with Crippen molar-refractivity contribution in [2.45, 2.75) is 17.4 Å². The average molecular weight is 342 g/mol. The summed E-state index contributed by atoms with van der Waals surface area (Å²) in [4.78, 5) is 13.2. The SMILES string of the molecule is CSc1ccc(Cl)c(C(=O)NCC(C)(O)c2ccsc2)c1. The van der Waals surface area contributed by atoms with Gasteiger partial charge in [-0.3, -0.25) is 4.79 Å². The Balaban J connectivity index is 2.08. The molecule has 2 N–H and O–H groups in total. The minimum atomic E-state index is -1.10. The van der Waals surface area contributed by atoms with Crippen LogP contribution in [0.25, 0.3) is 0 Å². The summed E-state index contributed by atoms with van der Waals surface area (Å²) in [5, 5.41) is 17.3. The summed E-state index contributed by atoms with van der Waals surface area (Å²) < 4.78 is 0. The smallest absolute Gasteiger partial charge is 0.252 e. The molecule has 0 aliphatic heterocycles. The first-order valence-corrected chi connectivity index (χ1v) is 8.85. The lowest BCUT2D eigenvalue weighted by molar-refractivity contribution is 0.0530. The van der Waals surface area contributed by atoms with Crippen LogP contribution < -0.4 is 5.32 Å². The third-order valence-electron chi connectivity index (χ3n) is 3.15. The molecule has 1 aromatic heterocycles. The van der Waals surface area contributed by atoms with Gasteiger partial charge in [-0.05, 0) is 53.8 Å².